The molecule has 0 aliphatic heterocycles. The molecule has 0 saturated heterocycles. The van der Waals surface area contributed by atoms with E-state index in [4.69, 9.17) is 9.47 Å². The number of ether oxygens (including phenoxy) is 2. The zero-order valence-electron chi connectivity index (χ0n) is 19.4. The first-order valence-corrected chi connectivity index (χ1v) is 11.9. The largest absolute Gasteiger partial charge is 0.467 e. The summed E-state index contributed by atoms with van der Waals surface area (Å²) in [4.78, 5) is 36.6. The van der Waals surface area contributed by atoms with E-state index in [1.165, 1.54) is 7.11 Å². The van der Waals surface area contributed by atoms with Crippen molar-refractivity contribution in [2.24, 2.45) is 11.8 Å². The highest BCUT2D eigenvalue weighted by Gasteiger charge is 2.27. The van der Waals surface area contributed by atoms with Gasteiger partial charge in [-0.05, 0) is 76.0 Å². The Bertz CT molecular complexity index is 768. The van der Waals surface area contributed by atoms with Crippen molar-refractivity contribution < 1.29 is 23.9 Å². The van der Waals surface area contributed by atoms with Gasteiger partial charge in [0.2, 0.25) is 5.91 Å². The lowest BCUT2D eigenvalue weighted by atomic mass is 9.80. The van der Waals surface area contributed by atoms with E-state index in [2.05, 4.69) is 26.6 Å². The first-order valence-electron chi connectivity index (χ1n) is 11.1. The molecule has 1 aliphatic carbocycles. The van der Waals surface area contributed by atoms with Crippen LogP contribution in [-0.4, -0.2) is 43.3 Å². The van der Waals surface area contributed by atoms with Crippen LogP contribution in [0.1, 0.15) is 58.4 Å². The molecule has 8 heteroatoms. The number of alkyl carbamates (subject to hydrolysis) is 1. The van der Waals surface area contributed by atoms with Gasteiger partial charge in [0, 0.05) is 23.9 Å². The molecular formula is C24H35BrN2O5. The summed E-state index contributed by atoms with van der Waals surface area (Å²) in [6, 6.07) is 6.93. The van der Waals surface area contributed by atoms with E-state index in [9.17, 15) is 14.4 Å². The molecule has 1 fully saturated rings. The van der Waals surface area contributed by atoms with Gasteiger partial charge in [-0.1, -0.05) is 28.1 Å². The zero-order valence-corrected chi connectivity index (χ0v) is 21.0. The van der Waals surface area contributed by atoms with Crippen LogP contribution in [0.2, 0.25) is 0 Å². The van der Waals surface area contributed by atoms with E-state index in [-0.39, 0.29) is 11.8 Å². The number of benzene rings is 1. The molecule has 0 aromatic heterocycles. The number of methoxy groups -OCH3 is 1. The maximum atomic E-state index is 12.6. The average Bonchev–Trinajstić information content (AvgIpc) is 2.72. The molecule has 1 atom stereocenters. The van der Waals surface area contributed by atoms with Gasteiger partial charge in [0.1, 0.15) is 11.6 Å². The molecule has 0 radical (unpaired) electrons. The van der Waals surface area contributed by atoms with E-state index in [0.29, 0.717) is 25.3 Å². The van der Waals surface area contributed by atoms with Crippen LogP contribution in [0.25, 0.3) is 0 Å². The highest BCUT2D eigenvalue weighted by atomic mass is 79.9. The lowest BCUT2D eigenvalue weighted by Gasteiger charge is -2.29. The van der Waals surface area contributed by atoms with Crippen molar-refractivity contribution in [2.75, 3.05) is 13.7 Å². The fourth-order valence-electron chi connectivity index (χ4n) is 3.89. The Labute approximate surface area is 199 Å². The fourth-order valence-corrected chi connectivity index (χ4v) is 4.15. The second-order valence-electron chi connectivity index (χ2n) is 9.45. The summed E-state index contributed by atoms with van der Waals surface area (Å²) in [6.07, 6.45) is 4.13. The summed E-state index contributed by atoms with van der Waals surface area (Å²) in [5, 5.41) is 5.69. The normalized spacial score (nSPS) is 19.5. The van der Waals surface area contributed by atoms with Crippen molar-refractivity contribution in [2.45, 2.75) is 70.9 Å². The Morgan fingerprint density at radius 1 is 1.06 bits per heavy atom. The van der Waals surface area contributed by atoms with Crippen molar-refractivity contribution >= 4 is 33.9 Å². The van der Waals surface area contributed by atoms with Gasteiger partial charge >= 0.3 is 12.1 Å². The standard InChI is InChI=1S/C24H35BrN2O5/c1-24(2,3)32-23(30)26-15-18-7-5-17(6-8-18)14-21(28)27-20(22(29)31-4)13-16-9-11-19(25)12-10-16/h9-12,17-18,20H,5-8,13-15H2,1-4H3,(H,26,30)(H,27,28). The molecule has 0 bridgehead atoms. The van der Waals surface area contributed by atoms with Crippen LogP contribution in [0, 0.1) is 11.8 Å². The quantitative estimate of drug-likeness (QED) is 0.506. The van der Waals surface area contributed by atoms with Gasteiger partial charge in [-0.2, -0.15) is 0 Å². The number of carbonyl (C=O) groups excluding carboxylic acids is 3. The summed E-state index contributed by atoms with van der Waals surface area (Å²) in [5.41, 5.74) is 0.441. The molecule has 2 amide bonds. The van der Waals surface area contributed by atoms with Crippen LogP contribution in [0.15, 0.2) is 28.7 Å². The van der Waals surface area contributed by atoms with Crippen molar-refractivity contribution in [1.82, 2.24) is 10.6 Å². The summed E-state index contributed by atoms with van der Waals surface area (Å²) < 4.78 is 11.1. The molecule has 7 nitrogen and oxygen atoms in total. The van der Waals surface area contributed by atoms with E-state index in [1.807, 2.05) is 45.0 Å². The van der Waals surface area contributed by atoms with Gasteiger partial charge in [-0.25, -0.2) is 9.59 Å². The molecule has 1 unspecified atom stereocenters. The molecule has 178 valence electrons. The Kier molecular flexibility index (Phi) is 10.0. The van der Waals surface area contributed by atoms with Crippen LogP contribution in [-0.2, 0) is 25.5 Å². The van der Waals surface area contributed by atoms with Crippen LogP contribution in [0.4, 0.5) is 4.79 Å². The van der Waals surface area contributed by atoms with Crippen LogP contribution in [0.5, 0.6) is 0 Å². The van der Waals surface area contributed by atoms with Crippen molar-refractivity contribution in [3.8, 4) is 0 Å². The first-order chi connectivity index (χ1) is 15.1. The zero-order chi connectivity index (χ0) is 23.7. The maximum absolute atomic E-state index is 12.6. The van der Waals surface area contributed by atoms with Gasteiger partial charge in [0.15, 0.2) is 0 Å². The monoisotopic (exact) mass is 510 g/mol. The molecular weight excluding hydrogens is 476 g/mol. The molecule has 32 heavy (non-hydrogen) atoms. The lowest BCUT2D eigenvalue weighted by molar-refractivity contribution is -0.145. The minimum atomic E-state index is -0.706. The Hall–Kier alpha value is -2.09. The molecule has 2 rings (SSSR count). The summed E-state index contributed by atoms with van der Waals surface area (Å²) >= 11 is 3.39. The highest BCUT2D eigenvalue weighted by molar-refractivity contribution is 9.10. The third-order valence-electron chi connectivity index (χ3n) is 5.55. The van der Waals surface area contributed by atoms with Crippen molar-refractivity contribution in [1.29, 1.82) is 0 Å². The van der Waals surface area contributed by atoms with Crippen molar-refractivity contribution in [3.05, 3.63) is 34.3 Å². The number of halogens is 1. The molecule has 2 N–H and O–H groups in total. The lowest BCUT2D eigenvalue weighted by Crippen LogP contribution is -2.43. The topological polar surface area (TPSA) is 93.7 Å². The van der Waals surface area contributed by atoms with Crippen molar-refractivity contribution in [3.63, 3.8) is 0 Å². The molecule has 1 saturated carbocycles. The highest BCUT2D eigenvalue weighted by Crippen LogP contribution is 2.30. The third-order valence-corrected chi connectivity index (χ3v) is 6.08. The van der Waals surface area contributed by atoms with E-state index < -0.39 is 23.7 Å². The number of rotatable bonds is 8. The van der Waals surface area contributed by atoms with Crippen LogP contribution >= 0.6 is 15.9 Å². The number of hydrogen-bond acceptors (Lipinski definition) is 5. The molecule has 1 aliphatic rings. The second kappa shape index (κ2) is 12.2. The van der Waals surface area contributed by atoms with Gasteiger partial charge < -0.3 is 20.1 Å². The average molecular weight is 511 g/mol. The number of hydrogen-bond donors (Lipinski definition) is 2. The summed E-state index contributed by atoms with van der Waals surface area (Å²) in [5.74, 6) is 0.0897. The minimum Gasteiger partial charge on any atom is -0.467 e. The third kappa shape index (κ3) is 9.59. The molecule has 0 heterocycles. The van der Waals surface area contributed by atoms with Gasteiger partial charge in [-0.15, -0.1) is 0 Å². The predicted molar refractivity (Wildman–Crippen MR) is 126 cm³/mol. The summed E-state index contributed by atoms with van der Waals surface area (Å²) in [7, 11) is 1.33. The van der Waals surface area contributed by atoms with Gasteiger partial charge in [0.05, 0.1) is 7.11 Å². The number of esters is 1. The van der Waals surface area contributed by atoms with E-state index in [1.54, 1.807) is 0 Å². The maximum Gasteiger partial charge on any atom is 0.407 e. The Balaban J connectivity index is 1.76. The predicted octanol–water partition coefficient (Wildman–Crippen LogP) is 4.37. The Morgan fingerprint density at radius 3 is 2.22 bits per heavy atom. The summed E-state index contributed by atoms with van der Waals surface area (Å²) in [6.45, 7) is 6.11. The van der Waals surface area contributed by atoms with Gasteiger partial charge in [-0.3, -0.25) is 4.79 Å². The smallest absolute Gasteiger partial charge is 0.407 e. The number of carbonyl (C=O) groups is 3. The van der Waals surface area contributed by atoms with Crippen LogP contribution < -0.4 is 10.6 Å². The molecule has 1 aromatic carbocycles. The van der Waals surface area contributed by atoms with E-state index in [0.717, 1.165) is 35.7 Å². The Morgan fingerprint density at radius 2 is 1.66 bits per heavy atom. The SMILES string of the molecule is COC(=O)C(Cc1ccc(Br)cc1)NC(=O)CC1CCC(CNC(=O)OC(C)(C)C)CC1. The molecule has 1 aromatic rings. The van der Waals surface area contributed by atoms with Crippen LogP contribution in [0.3, 0.4) is 0 Å². The second-order valence-corrected chi connectivity index (χ2v) is 10.4. The first kappa shape index (κ1) is 26.2. The number of amides is 2. The fraction of sp³-hybridized carbons (Fsp3) is 0.625. The number of nitrogens with one attached hydrogen (secondary N) is 2. The van der Waals surface area contributed by atoms with Gasteiger partial charge in [0.25, 0.3) is 0 Å². The minimum absolute atomic E-state index is 0.132. The van der Waals surface area contributed by atoms with E-state index >= 15 is 0 Å². The molecule has 0 spiro atoms.